The number of thioether (sulfide) groups is 1. The van der Waals surface area contributed by atoms with Gasteiger partial charge in [0.05, 0.1) is 12.2 Å². The van der Waals surface area contributed by atoms with E-state index in [9.17, 15) is 9.59 Å². The molecule has 0 fully saturated rings. The van der Waals surface area contributed by atoms with E-state index >= 15 is 0 Å². The van der Waals surface area contributed by atoms with Crippen LogP contribution in [-0.2, 0) is 4.79 Å². The van der Waals surface area contributed by atoms with Crippen LogP contribution in [0.5, 0.6) is 0 Å². The molecule has 6 heteroatoms. The van der Waals surface area contributed by atoms with Crippen molar-refractivity contribution in [3.8, 4) is 0 Å². The van der Waals surface area contributed by atoms with E-state index in [4.69, 9.17) is 0 Å². The SMILES string of the molecule is CSc1ccccc1NC(=O)CN(C)C(=O)c1cccc(I)c1. The minimum atomic E-state index is -0.215. The summed E-state index contributed by atoms with van der Waals surface area (Å²) < 4.78 is 0.986. The van der Waals surface area contributed by atoms with Crippen molar-refractivity contribution < 1.29 is 9.59 Å². The van der Waals surface area contributed by atoms with E-state index in [0.29, 0.717) is 5.56 Å². The minimum absolute atomic E-state index is 0.00697. The largest absolute Gasteiger partial charge is 0.332 e. The van der Waals surface area contributed by atoms with Crippen molar-refractivity contribution in [2.45, 2.75) is 4.90 Å². The zero-order chi connectivity index (χ0) is 16.8. The first-order chi connectivity index (χ1) is 11.0. The Labute approximate surface area is 153 Å². The van der Waals surface area contributed by atoms with Gasteiger partial charge in [0.1, 0.15) is 0 Å². The van der Waals surface area contributed by atoms with E-state index in [1.165, 1.54) is 4.90 Å². The van der Waals surface area contributed by atoms with E-state index in [0.717, 1.165) is 14.2 Å². The number of halogens is 1. The predicted molar refractivity (Wildman–Crippen MR) is 103 cm³/mol. The molecule has 4 nitrogen and oxygen atoms in total. The molecule has 2 rings (SSSR count). The molecule has 0 saturated heterocycles. The molecule has 0 aliphatic carbocycles. The average molecular weight is 440 g/mol. The van der Waals surface area contributed by atoms with Crippen molar-refractivity contribution in [2.75, 3.05) is 25.2 Å². The van der Waals surface area contributed by atoms with Gasteiger partial charge in [-0.3, -0.25) is 9.59 Å². The molecule has 0 saturated carbocycles. The second-order valence-electron chi connectivity index (χ2n) is 4.92. The van der Waals surface area contributed by atoms with E-state index in [1.54, 1.807) is 30.9 Å². The first kappa shape index (κ1) is 17.8. The van der Waals surface area contributed by atoms with E-state index in [1.807, 2.05) is 42.7 Å². The van der Waals surface area contributed by atoms with Gasteiger partial charge in [0.15, 0.2) is 0 Å². The Bertz CT molecular complexity index is 721. The second-order valence-corrected chi connectivity index (χ2v) is 7.01. The lowest BCUT2D eigenvalue weighted by Crippen LogP contribution is -2.35. The molecule has 2 amide bonds. The van der Waals surface area contributed by atoms with Crippen molar-refractivity contribution >= 4 is 51.9 Å². The zero-order valence-electron chi connectivity index (χ0n) is 12.9. The van der Waals surface area contributed by atoms with Crippen molar-refractivity contribution in [1.82, 2.24) is 4.90 Å². The second kappa shape index (κ2) is 8.35. The minimum Gasteiger partial charge on any atom is -0.332 e. The maximum absolute atomic E-state index is 12.3. The Hall–Kier alpha value is -1.54. The summed E-state index contributed by atoms with van der Waals surface area (Å²) in [5, 5.41) is 2.85. The Kier molecular flexibility index (Phi) is 6.47. The summed E-state index contributed by atoms with van der Waals surface area (Å²) in [6, 6.07) is 14.9. The van der Waals surface area contributed by atoms with Crippen LogP contribution in [0.15, 0.2) is 53.4 Å². The summed E-state index contributed by atoms with van der Waals surface area (Å²) in [5.74, 6) is -0.384. The average Bonchev–Trinajstić information content (AvgIpc) is 2.54. The van der Waals surface area contributed by atoms with Crippen LogP contribution in [0.4, 0.5) is 5.69 Å². The molecule has 0 radical (unpaired) electrons. The number of rotatable bonds is 5. The Morgan fingerprint density at radius 3 is 2.61 bits per heavy atom. The molecule has 0 heterocycles. The van der Waals surface area contributed by atoms with Crippen LogP contribution in [0.3, 0.4) is 0 Å². The maximum Gasteiger partial charge on any atom is 0.254 e. The smallest absolute Gasteiger partial charge is 0.254 e. The number of amides is 2. The number of nitrogens with one attached hydrogen (secondary N) is 1. The quantitative estimate of drug-likeness (QED) is 0.570. The monoisotopic (exact) mass is 440 g/mol. The number of anilines is 1. The van der Waals surface area contributed by atoms with Gasteiger partial charge in [-0.05, 0) is 59.2 Å². The molecule has 0 atom stereocenters. The molecular weight excluding hydrogens is 423 g/mol. The van der Waals surface area contributed by atoms with Crippen LogP contribution in [-0.4, -0.2) is 36.6 Å². The van der Waals surface area contributed by atoms with Gasteiger partial charge in [-0.25, -0.2) is 0 Å². The zero-order valence-corrected chi connectivity index (χ0v) is 15.8. The molecular formula is C17H17IN2O2S. The summed E-state index contributed by atoms with van der Waals surface area (Å²) >= 11 is 3.72. The van der Waals surface area contributed by atoms with Gasteiger partial charge in [-0.15, -0.1) is 11.8 Å². The number of para-hydroxylation sites is 1. The van der Waals surface area contributed by atoms with Crippen molar-refractivity contribution in [1.29, 1.82) is 0 Å². The number of hydrogen-bond donors (Lipinski definition) is 1. The van der Waals surface area contributed by atoms with Gasteiger partial charge in [-0.1, -0.05) is 18.2 Å². The summed E-state index contributed by atoms with van der Waals surface area (Å²) in [4.78, 5) is 26.9. The highest BCUT2D eigenvalue weighted by molar-refractivity contribution is 14.1. The molecule has 0 aliphatic rings. The molecule has 1 N–H and O–H groups in total. The lowest BCUT2D eigenvalue weighted by molar-refractivity contribution is -0.116. The molecule has 0 aromatic heterocycles. The highest BCUT2D eigenvalue weighted by atomic mass is 127. The summed E-state index contributed by atoms with van der Waals surface area (Å²) in [6.45, 7) is 0.00697. The molecule has 0 aliphatic heterocycles. The predicted octanol–water partition coefficient (Wildman–Crippen LogP) is 3.72. The fraction of sp³-hybridized carbons (Fsp3) is 0.176. The van der Waals surface area contributed by atoms with E-state index in [2.05, 4.69) is 27.9 Å². The van der Waals surface area contributed by atoms with Crippen molar-refractivity contribution in [2.24, 2.45) is 0 Å². The van der Waals surface area contributed by atoms with Gasteiger partial charge < -0.3 is 10.2 Å². The fourth-order valence-corrected chi connectivity index (χ4v) is 3.16. The summed E-state index contributed by atoms with van der Waals surface area (Å²) in [7, 11) is 1.63. The number of nitrogens with zero attached hydrogens (tertiary/aromatic N) is 1. The standard InChI is InChI=1S/C17H17IN2O2S/c1-20(17(22)12-6-5-7-13(18)10-12)11-16(21)19-14-8-3-4-9-15(14)23-2/h3-10H,11H2,1-2H3,(H,19,21). The Morgan fingerprint density at radius 2 is 1.91 bits per heavy atom. The maximum atomic E-state index is 12.3. The molecule has 0 bridgehead atoms. The highest BCUT2D eigenvalue weighted by Crippen LogP contribution is 2.24. The Morgan fingerprint density at radius 1 is 1.17 bits per heavy atom. The van der Waals surface area contributed by atoms with Crippen LogP contribution in [0, 0.1) is 3.57 Å². The van der Waals surface area contributed by atoms with Crippen LogP contribution < -0.4 is 5.32 Å². The number of likely N-dealkylation sites (N-methyl/N-ethyl adjacent to an activating group) is 1. The number of hydrogen-bond acceptors (Lipinski definition) is 3. The highest BCUT2D eigenvalue weighted by Gasteiger charge is 2.15. The Balaban J connectivity index is 2.01. The third kappa shape index (κ3) is 4.97. The lowest BCUT2D eigenvalue weighted by Gasteiger charge is -2.17. The number of carbonyl (C=O) groups is 2. The topological polar surface area (TPSA) is 49.4 Å². The fourth-order valence-electron chi connectivity index (χ4n) is 2.07. The van der Waals surface area contributed by atoms with Gasteiger partial charge in [0.25, 0.3) is 5.91 Å². The van der Waals surface area contributed by atoms with Crippen LogP contribution >= 0.6 is 34.4 Å². The van der Waals surface area contributed by atoms with Gasteiger partial charge in [0.2, 0.25) is 5.91 Å². The number of carbonyl (C=O) groups excluding carboxylic acids is 2. The summed E-state index contributed by atoms with van der Waals surface area (Å²) in [5.41, 5.74) is 1.34. The molecule has 2 aromatic rings. The van der Waals surface area contributed by atoms with Crippen LogP contribution in [0.1, 0.15) is 10.4 Å². The first-order valence-electron chi connectivity index (χ1n) is 6.95. The van der Waals surface area contributed by atoms with Gasteiger partial charge in [-0.2, -0.15) is 0 Å². The molecule has 0 unspecified atom stereocenters. The first-order valence-corrected chi connectivity index (χ1v) is 9.25. The third-order valence-corrected chi connectivity index (χ3v) is 4.65. The normalized spacial score (nSPS) is 10.2. The van der Waals surface area contributed by atoms with Crippen LogP contribution in [0.2, 0.25) is 0 Å². The third-order valence-electron chi connectivity index (χ3n) is 3.18. The lowest BCUT2D eigenvalue weighted by atomic mass is 10.2. The van der Waals surface area contributed by atoms with Crippen molar-refractivity contribution in [3.63, 3.8) is 0 Å². The molecule has 2 aromatic carbocycles. The van der Waals surface area contributed by atoms with Gasteiger partial charge >= 0.3 is 0 Å². The van der Waals surface area contributed by atoms with Gasteiger partial charge in [0, 0.05) is 21.1 Å². The van der Waals surface area contributed by atoms with E-state index in [-0.39, 0.29) is 18.4 Å². The number of benzene rings is 2. The summed E-state index contributed by atoms with van der Waals surface area (Å²) in [6.07, 6.45) is 1.96. The van der Waals surface area contributed by atoms with Crippen LogP contribution in [0.25, 0.3) is 0 Å². The molecule has 0 spiro atoms. The molecule has 23 heavy (non-hydrogen) atoms. The molecule has 120 valence electrons. The van der Waals surface area contributed by atoms with E-state index < -0.39 is 0 Å². The van der Waals surface area contributed by atoms with Crippen molar-refractivity contribution in [3.05, 3.63) is 57.7 Å².